The van der Waals surface area contributed by atoms with Crippen molar-refractivity contribution in [2.45, 2.75) is 37.0 Å². The van der Waals surface area contributed by atoms with E-state index in [1.165, 1.54) is 19.2 Å². The standard InChI is InChI=1S/C21H23NO7S/c1-15-8-10-18(11-9-15)30(25,26)29-17-12-19(20(23)27-2)22(13-17)21(24)28-14-16-6-4-3-5-7-16/h3-11,17,19H,12-14H2,1-2H3/t17-,19?/m0/s1. The van der Waals surface area contributed by atoms with Crippen molar-refractivity contribution in [3.8, 4) is 0 Å². The number of amides is 1. The normalized spacial score (nSPS) is 18.8. The molecule has 0 aromatic heterocycles. The van der Waals surface area contributed by atoms with Gasteiger partial charge in [0.25, 0.3) is 10.1 Å². The van der Waals surface area contributed by atoms with Gasteiger partial charge in [0.1, 0.15) is 12.6 Å². The zero-order chi connectivity index (χ0) is 21.7. The third-order valence-corrected chi connectivity index (χ3v) is 6.12. The van der Waals surface area contributed by atoms with Crippen LogP contribution in [0.25, 0.3) is 0 Å². The first-order chi connectivity index (χ1) is 14.3. The van der Waals surface area contributed by atoms with Crippen LogP contribution in [0.1, 0.15) is 17.5 Å². The summed E-state index contributed by atoms with van der Waals surface area (Å²) in [7, 11) is -2.85. The second-order valence-electron chi connectivity index (χ2n) is 6.95. The zero-order valence-electron chi connectivity index (χ0n) is 16.7. The van der Waals surface area contributed by atoms with Gasteiger partial charge in [0.05, 0.1) is 24.7 Å². The van der Waals surface area contributed by atoms with Gasteiger partial charge in [0.15, 0.2) is 0 Å². The molecule has 2 atom stereocenters. The second kappa shape index (κ2) is 9.27. The molecule has 9 heteroatoms. The van der Waals surface area contributed by atoms with Gasteiger partial charge in [-0.25, -0.2) is 9.59 Å². The first-order valence-corrected chi connectivity index (χ1v) is 10.8. The highest BCUT2D eigenvalue weighted by Gasteiger charge is 2.43. The fraction of sp³-hybridized carbons (Fsp3) is 0.333. The van der Waals surface area contributed by atoms with Crippen LogP contribution in [0.3, 0.4) is 0 Å². The minimum absolute atomic E-state index is 0.00724. The van der Waals surface area contributed by atoms with Crippen LogP contribution in [0, 0.1) is 6.92 Å². The van der Waals surface area contributed by atoms with E-state index in [9.17, 15) is 18.0 Å². The molecule has 8 nitrogen and oxygen atoms in total. The Bertz CT molecular complexity index is 990. The van der Waals surface area contributed by atoms with E-state index >= 15 is 0 Å². The molecule has 0 spiro atoms. The van der Waals surface area contributed by atoms with Crippen molar-refractivity contribution in [3.05, 3.63) is 65.7 Å². The summed E-state index contributed by atoms with van der Waals surface area (Å²) in [5.74, 6) is -0.662. The van der Waals surface area contributed by atoms with Gasteiger partial charge < -0.3 is 9.47 Å². The van der Waals surface area contributed by atoms with Gasteiger partial charge in [-0.15, -0.1) is 0 Å². The number of nitrogens with zero attached hydrogens (tertiary/aromatic N) is 1. The van der Waals surface area contributed by atoms with Crippen LogP contribution in [0.2, 0.25) is 0 Å². The number of aryl methyl sites for hydroxylation is 1. The van der Waals surface area contributed by atoms with Gasteiger partial charge in [-0.2, -0.15) is 8.42 Å². The highest BCUT2D eigenvalue weighted by atomic mass is 32.2. The van der Waals surface area contributed by atoms with Crippen LogP contribution in [-0.4, -0.2) is 51.2 Å². The fourth-order valence-electron chi connectivity index (χ4n) is 3.17. The Balaban J connectivity index is 1.70. The van der Waals surface area contributed by atoms with Crippen molar-refractivity contribution in [1.82, 2.24) is 4.90 Å². The third-order valence-electron chi connectivity index (χ3n) is 4.75. The minimum Gasteiger partial charge on any atom is -0.467 e. The molecule has 1 aliphatic rings. The SMILES string of the molecule is COC(=O)C1C[C@H](OS(=O)(=O)c2ccc(C)cc2)CN1C(=O)OCc1ccccc1. The predicted molar refractivity (Wildman–Crippen MR) is 107 cm³/mol. The first kappa shape index (κ1) is 21.8. The van der Waals surface area contributed by atoms with E-state index in [0.29, 0.717) is 0 Å². The average Bonchev–Trinajstić information content (AvgIpc) is 3.15. The molecule has 1 amide bonds. The summed E-state index contributed by atoms with van der Waals surface area (Å²) in [5.41, 5.74) is 1.70. The zero-order valence-corrected chi connectivity index (χ0v) is 17.5. The number of ether oxygens (including phenoxy) is 2. The Kier molecular flexibility index (Phi) is 6.73. The molecule has 0 N–H and O–H groups in total. The van der Waals surface area contributed by atoms with E-state index in [4.69, 9.17) is 13.7 Å². The lowest BCUT2D eigenvalue weighted by molar-refractivity contribution is -0.145. The minimum atomic E-state index is -4.05. The lowest BCUT2D eigenvalue weighted by atomic mass is 10.2. The smallest absolute Gasteiger partial charge is 0.410 e. The number of hydrogen-bond acceptors (Lipinski definition) is 7. The molecule has 30 heavy (non-hydrogen) atoms. The van der Waals surface area contributed by atoms with Gasteiger partial charge >= 0.3 is 12.1 Å². The van der Waals surface area contributed by atoms with Crippen LogP contribution >= 0.6 is 0 Å². The average molecular weight is 433 g/mol. The molecule has 0 saturated carbocycles. The van der Waals surface area contributed by atoms with Crippen LogP contribution in [0.5, 0.6) is 0 Å². The molecule has 0 radical (unpaired) electrons. The highest BCUT2D eigenvalue weighted by molar-refractivity contribution is 7.86. The van der Waals surface area contributed by atoms with E-state index < -0.39 is 34.3 Å². The molecule has 2 aromatic rings. The maximum absolute atomic E-state index is 12.6. The van der Waals surface area contributed by atoms with Crippen molar-refractivity contribution in [2.24, 2.45) is 0 Å². The summed E-state index contributed by atoms with van der Waals surface area (Å²) in [6, 6.07) is 14.3. The van der Waals surface area contributed by atoms with Gasteiger partial charge in [0, 0.05) is 6.42 Å². The van der Waals surface area contributed by atoms with Crippen LogP contribution < -0.4 is 0 Å². The Morgan fingerprint density at radius 3 is 2.37 bits per heavy atom. The van der Waals surface area contributed by atoms with Crippen molar-refractivity contribution >= 4 is 22.2 Å². The molecule has 0 bridgehead atoms. The lowest BCUT2D eigenvalue weighted by Crippen LogP contribution is -2.41. The number of benzene rings is 2. The molecule has 2 aromatic carbocycles. The van der Waals surface area contributed by atoms with Gasteiger partial charge in [0.2, 0.25) is 0 Å². The van der Waals surface area contributed by atoms with E-state index in [2.05, 4.69) is 0 Å². The third kappa shape index (κ3) is 5.17. The van der Waals surface area contributed by atoms with Gasteiger partial charge in [-0.3, -0.25) is 9.08 Å². The van der Waals surface area contributed by atoms with E-state index in [1.54, 1.807) is 24.3 Å². The first-order valence-electron chi connectivity index (χ1n) is 9.35. The second-order valence-corrected chi connectivity index (χ2v) is 8.52. The van der Waals surface area contributed by atoms with E-state index in [0.717, 1.165) is 16.0 Å². The van der Waals surface area contributed by atoms with Crippen molar-refractivity contribution in [3.63, 3.8) is 0 Å². The number of carbonyl (C=O) groups is 2. The molecule has 1 unspecified atom stereocenters. The Morgan fingerprint density at radius 2 is 1.73 bits per heavy atom. The van der Waals surface area contributed by atoms with Gasteiger partial charge in [-0.05, 0) is 24.6 Å². The van der Waals surface area contributed by atoms with Gasteiger partial charge in [-0.1, -0.05) is 48.0 Å². The van der Waals surface area contributed by atoms with Crippen LogP contribution in [0.4, 0.5) is 4.79 Å². The van der Waals surface area contributed by atoms with Crippen molar-refractivity contribution < 1.29 is 31.7 Å². The molecular formula is C21H23NO7S. The number of methoxy groups -OCH3 is 1. The molecule has 0 aliphatic carbocycles. The molecule has 160 valence electrons. The summed E-state index contributed by atoms with van der Waals surface area (Å²) >= 11 is 0. The summed E-state index contributed by atoms with van der Waals surface area (Å²) in [6.07, 6.45) is -1.66. The number of likely N-dealkylation sites (tertiary alicyclic amines) is 1. The molecule has 1 aliphatic heterocycles. The quantitative estimate of drug-likeness (QED) is 0.510. The monoisotopic (exact) mass is 433 g/mol. The summed E-state index contributed by atoms with van der Waals surface area (Å²) in [5, 5.41) is 0. The predicted octanol–water partition coefficient (Wildman–Crippen LogP) is 2.65. The largest absolute Gasteiger partial charge is 0.467 e. The van der Waals surface area contributed by atoms with Crippen molar-refractivity contribution in [1.29, 1.82) is 0 Å². The molecule has 1 fully saturated rings. The number of esters is 1. The molecule has 3 rings (SSSR count). The van der Waals surface area contributed by atoms with Crippen molar-refractivity contribution in [2.75, 3.05) is 13.7 Å². The van der Waals surface area contributed by atoms with Crippen LogP contribution in [0.15, 0.2) is 59.5 Å². The summed E-state index contributed by atoms with van der Waals surface area (Å²) in [4.78, 5) is 25.9. The number of hydrogen-bond donors (Lipinski definition) is 0. The highest BCUT2D eigenvalue weighted by Crippen LogP contribution is 2.26. The van der Waals surface area contributed by atoms with E-state index in [1.807, 2.05) is 25.1 Å². The lowest BCUT2D eigenvalue weighted by Gasteiger charge is -2.21. The Labute approximate surface area is 175 Å². The maximum Gasteiger partial charge on any atom is 0.410 e. The Morgan fingerprint density at radius 1 is 1.07 bits per heavy atom. The topological polar surface area (TPSA) is 99.2 Å². The Hall–Kier alpha value is -2.91. The number of rotatable bonds is 6. The van der Waals surface area contributed by atoms with E-state index in [-0.39, 0.29) is 24.5 Å². The molecule has 1 heterocycles. The molecular weight excluding hydrogens is 410 g/mol. The maximum atomic E-state index is 12.6. The fourth-order valence-corrected chi connectivity index (χ4v) is 4.25. The molecule has 1 saturated heterocycles. The number of carbonyl (C=O) groups excluding carboxylic acids is 2. The van der Waals surface area contributed by atoms with Crippen LogP contribution in [-0.2, 0) is 35.2 Å². The summed E-state index contributed by atoms with van der Waals surface area (Å²) < 4.78 is 40.5. The summed E-state index contributed by atoms with van der Waals surface area (Å²) in [6.45, 7) is 1.75.